The van der Waals surface area contributed by atoms with E-state index in [-0.39, 0.29) is 12.2 Å². The number of nitrogens with one attached hydrogen (secondary N) is 1. The standard InChI is InChI=1S/C34H29N3/c1-23(24-10-4-2-5-11-24)36-34(26-13-6-3-7-14-26)37-33(35)28-18-19-30-27(22-28)17-21-31-29-15-9-8-12-25(29)16-20-32(30)31/h2-23,34,36H,1H3,(H2,35,37). The molecular formula is C34H29N3. The molecule has 3 N–H and O–H groups in total. The molecule has 2 unspecified atom stereocenters. The first-order valence-electron chi connectivity index (χ1n) is 12.7. The van der Waals surface area contributed by atoms with Crippen LogP contribution in [0.3, 0.4) is 0 Å². The number of nitrogens with zero attached hydrogens (tertiary/aromatic N) is 1. The number of aliphatic imine (C=N–C) groups is 1. The number of nitrogens with two attached hydrogens (primary N) is 1. The molecule has 0 heterocycles. The van der Waals surface area contributed by atoms with E-state index in [1.165, 1.54) is 32.5 Å². The molecule has 6 rings (SSSR count). The molecular weight excluding hydrogens is 450 g/mol. The van der Waals surface area contributed by atoms with Crippen LogP contribution in [0, 0.1) is 0 Å². The smallest absolute Gasteiger partial charge is 0.128 e. The van der Waals surface area contributed by atoms with E-state index in [2.05, 4.69) is 115 Å². The predicted octanol–water partition coefficient (Wildman–Crippen LogP) is 7.90. The first-order chi connectivity index (χ1) is 18.2. The van der Waals surface area contributed by atoms with Crippen molar-refractivity contribution in [2.24, 2.45) is 10.7 Å². The maximum absolute atomic E-state index is 6.64. The van der Waals surface area contributed by atoms with E-state index in [9.17, 15) is 0 Å². The topological polar surface area (TPSA) is 50.4 Å². The molecule has 0 radical (unpaired) electrons. The Morgan fingerprint density at radius 3 is 1.89 bits per heavy atom. The van der Waals surface area contributed by atoms with Crippen molar-refractivity contribution in [3.05, 3.63) is 144 Å². The lowest BCUT2D eigenvalue weighted by Gasteiger charge is -2.22. The minimum atomic E-state index is -0.268. The molecule has 2 atom stereocenters. The molecule has 0 aliphatic rings. The van der Waals surface area contributed by atoms with Crippen molar-refractivity contribution in [1.82, 2.24) is 5.32 Å². The van der Waals surface area contributed by atoms with Gasteiger partial charge in [0.1, 0.15) is 12.0 Å². The van der Waals surface area contributed by atoms with Crippen molar-refractivity contribution in [3.8, 4) is 0 Å². The maximum atomic E-state index is 6.64. The van der Waals surface area contributed by atoms with Crippen LogP contribution in [-0.4, -0.2) is 5.84 Å². The monoisotopic (exact) mass is 479 g/mol. The number of benzene rings is 6. The van der Waals surface area contributed by atoms with Gasteiger partial charge >= 0.3 is 0 Å². The van der Waals surface area contributed by atoms with Gasteiger partial charge in [0.2, 0.25) is 0 Å². The molecule has 6 aromatic carbocycles. The van der Waals surface area contributed by atoms with Crippen LogP contribution in [0.25, 0.3) is 32.3 Å². The van der Waals surface area contributed by atoms with Crippen LogP contribution in [-0.2, 0) is 0 Å². The third-order valence-corrected chi connectivity index (χ3v) is 7.13. The van der Waals surface area contributed by atoms with E-state index < -0.39 is 0 Å². The Kier molecular flexibility index (Phi) is 6.13. The zero-order chi connectivity index (χ0) is 25.2. The summed E-state index contributed by atoms with van der Waals surface area (Å²) in [4.78, 5) is 4.98. The van der Waals surface area contributed by atoms with Crippen LogP contribution in [0.4, 0.5) is 0 Å². The first-order valence-corrected chi connectivity index (χ1v) is 12.7. The highest BCUT2D eigenvalue weighted by Gasteiger charge is 2.16. The molecule has 0 fully saturated rings. The summed E-state index contributed by atoms with van der Waals surface area (Å²) in [6.45, 7) is 2.15. The number of fused-ring (bicyclic) bond motifs is 5. The van der Waals surface area contributed by atoms with Crippen LogP contribution in [0.1, 0.15) is 35.8 Å². The molecule has 0 bridgehead atoms. The Hall–Kier alpha value is -4.47. The van der Waals surface area contributed by atoms with Crippen LogP contribution in [0.15, 0.2) is 132 Å². The molecule has 6 aromatic rings. The third-order valence-electron chi connectivity index (χ3n) is 7.13. The van der Waals surface area contributed by atoms with Crippen molar-refractivity contribution in [2.45, 2.75) is 19.1 Å². The lowest BCUT2D eigenvalue weighted by Crippen LogP contribution is -2.26. The molecule has 0 saturated heterocycles. The Bertz CT molecular complexity index is 1720. The summed E-state index contributed by atoms with van der Waals surface area (Å²) < 4.78 is 0. The number of amidine groups is 1. The molecule has 0 aliphatic carbocycles. The average molecular weight is 480 g/mol. The van der Waals surface area contributed by atoms with Crippen molar-refractivity contribution in [1.29, 1.82) is 0 Å². The summed E-state index contributed by atoms with van der Waals surface area (Å²) in [6, 6.07) is 44.5. The van der Waals surface area contributed by atoms with E-state index in [1.54, 1.807) is 0 Å². The van der Waals surface area contributed by atoms with Crippen LogP contribution < -0.4 is 11.1 Å². The second kappa shape index (κ2) is 9.88. The van der Waals surface area contributed by atoms with Gasteiger partial charge in [0, 0.05) is 11.6 Å². The van der Waals surface area contributed by atoms with Gasteiger partial charge in [0.15, 0.2) is 0 Å². The number of hydrogen-bond acceptors (Lipinski definition) is 2. The lowest BCUT2D eigenvalue weighted by molar-refractivity contribution is 0.480. The van der Waals surface area contributed by atoms with E-state index in [0.717, 1.165) is 16.5 Å². The minimum absolute atomic E-state index is 0.112. The van der Waals surface area contributed by atoms with E-state index in [4.69, 9.17) is 10.7 Å². The van der Waals surface area contributed by atoms with Crippen molar-refractivity contribution in [2.75, 3.05) is 0 Å². The Labute approximate surface area is 217 Å². The molecule has 0 saturated carbocycles. The van der Waals surface area contributed by atoms with E-state index in [1.807, 2.05) is 24.3 Å². The van der Waals surface area contributed by atoms with Gasteiger partial charge < -0.3 is 5.73 Å². The maximum Gasteiger partial charge on any atom is 0.128 e. The van der Waals surface area contributed by atoms with Gasteiger partial charge in [-0.2, -0.15) is 0 Å². The molecule has 0 aliphatic heterocycles. The summed E-state index contributed by atoms with van der Waals surface area (Å²) in [5, 5.41) is 11.1. The largest absolute Gasteiger partial charge is 0.383 e. The molecule has 180 valence electrons. The Balaban J connectivity index is 1.38. The molecule has 0 spiro atoms. The number of rotatable bonds is 6. The fourth-order valence-corrected chi connectivity index (χ4v) is 5.12. The van der Waals surface area contributed by atoms with Gasteiger partial charge in [-0.05, 0) is 56.4 Å². The average Bonchev–Trinajstić information content (AvgIpc) is 2.97. The lowest BCUT2D eigenvalue weighted by atomic mass is 9.96. The summed E-state index contributed by atoms with van der Waals surface area (Å²) >= 11 is 0. The fourth-order valence-electron chi connectivity index (χ4n) is 5.12. The highest BCUT2D eigenvalue weighted by Crippen LogP contribution is 2.32. The van der Waals surface area contributed by atoms with E-state index in [0.29, 0.717) is 5.84 Å². The van der Waals surface area contributed by atoms with Gasteiger partial charge in [0.05, 0.1) is 0 Å². The SMILES string of the molecule is CC(NC(N=C(N)c1ccc2c(ccc3c4ccccc4ccc23)c1)c1ccccc1)c1ccccc1. The zero-order valence-corrected chi connectivity index (χ0v) is 20.8. The summed E-state index contributed by atoms with van der Waals surface area (Å²) in [6.07, 6.45) is -0.268. The van der Waals surface area contributed by atoms with Crippen LogP contribution in [0.5, 0.6) is 0 Å². The molecule has 0 aromatic heterocycles. The predicted molar refractivity (Wildman–Crippen MR) is 157 cm³/mol. The van der Waals surface area contributed by atoms with Crippen LogP contribution in [0.2, 0.25) is 0 Å². The van der Waals surface area contributed by atoms with Crippen LogP contribution >= 0.6 is 0 Å². The van der Waals surface area contributed by atoms with Gasteiger partial charge in [-0.15, -0.1) is 0 Å². The molecule has 3 nitrogen and oxygen atoms in total. The van der Waals surface area contributed by atoms with Crippen molar-refractivity contribution in [3.63, 3.8) is 0 Å². The number of hydrogen-bond donors (Lipinski definition) is 2. The van der Waals surface area contributed by atoms with Crippen molar-refractivity contribution < 1.29 is 0 Å². The van der Waals surface area contributed by atoms with E-state index >= 15 is 0 Å². The fraction of sp³-hybridized carbons (Fsp3) is 0.0882. The van der Waals surface area contributed by atoms with Gasteiger partial charge in [-0.25, -0.2) is 4.99 Å². The molecule has 3 heteroatoms. The minimum Gasteiger partial charge on any atom is -0.383 e. The van der Waals surface area contributed by atoms with Gasteiger partial charge in [0.25, 0.3) is 0 Å². The van der Waals surface area contributed by atoms with Gasteiger partial charge in [-0.1, -0.05) is 121 Å². The highest BCUT2D eigenvalue weighted by molar-refractivity contribution is 6.18. The summed E-state index contributed by atoms with van der Waals surface area (Å²) in [7, 11) is 0. The summed E-state index contributed by atoms with van der Waals surface area (Å²) in [5.74, 6) is 0.516. The summed E-state index contributed by atoms with van der Waals surface area (Å²) in [5.41, 5.74) is 9.84. The highest BCUT2D eigenvalue weighted by atomic mass is 15.1. The molecule has 0 amide bonds. The molecule has 37 heavy (non-hydrogen) atoms. The second-order valence-corrected chi connectivity index (χ2v) is 9.51. The second-order valence-electron chi connectivity index (χ2n) is 9.51. The first kappa shape index (κ1) is 23.0. The Morgan fingerprint density at radius 2 is 1.16 bits per heavy atom. The third kappa shape index (κ3) is 4.57. The van der Waals surface area contributed by atoms with Crippen molar-refractivity contribution >= 4 is 38.2 Å². The zero-order valence-electron chi connectivity index (χ0n) is 20.8. The quantitative estimate of drug-likeness (QED) is 0.145. The van der Waals surface area contributed by atoms with Gasteiger partial charge in [-0.3, -0.25) is 5.32 Å². The Morgan fingerprint density at radius 1 is 0.595 bits per heavy atom. The normalized spacial score (nSPS) is 13.7.